The number of aryl methyl sites for hydroxylation is 1. The average molecular weight is 301 g/mol. The van der Waals surface area contributed by atoms with E-state index in [1.165, 1.54) is 0 Å². The van der Waals surface area contributed by atoms with E-state index in [4.69, 9.17) is 4.18 Å². The van der Waals surface area contributed by atoms with Gasteiger partial charge in [0.05, 0.1) is 5.39 Å². The van der Waals surface area contributed by atoms with Crippen LogP contribution in [0.25, 0.3) is 10.9 Å². The van der Waals surface area contributed by atoms with E-state index in [2.05, 4.69) is 10.3 Å². The van der Waals surface area contributed by atoms with E-state index < -0.39 is 16.8 Å². The van der Waals surface area contributed by atoms with Crippen LogP contribution in [-0.2, 0) is 11.3 Å². The van der Waals surface area contributed by atoms with Crippen molar-refractivity contribution in [2.45, 2.75) is 6.92 Å². The van der Waals surface area contributed by atoms with Crippen LogP contribution in [0.2, 0.25) is 0 Å². The third-order valence-electron chi connectivity index (χ3n) is 2.84. The van der Waals surface area contributed by atoms with Crippen LogP contribution in [0.1, 0.15) is 5.56 Å². The van der Waals surface area contributed by atoms with Crippen LogP contribution >= 0.6 is 0 Å². The number of benzene rings is 2. The Labute approximate surface area is 122 Å². The van der Waals surface area contributed by atoms with E-state index >= 15 is 0 Å². The normalized spacial score (nSPS) is 12.2. The van der Waals surface area contributed by atoms with Crippen molar-refractivity contribution < 1.29 is 8.39 Å². The van der Waals surface area contributed by atoms with Crippen LogP contribution in [0.15, 0.2) is 53.3 Å². The largest absolute Gasteiger partial charge is 0.384 e. The molecule has 0 saturated heterocycles. The molecule has 0 aliphatic rings. The van der Waals surface area contributed by atoms with Crippen LogP contribution in [0.5, 0.6) is 5.75 Å². The van der Waals surface area contributed by atoms with Gasteiger partial charge >= 0.3 is 11.3 Å². The second-order valence-corrected chi connectivity index (χ2v) is 5.35. The van der Waals surface area contributed by atoms with Crippen molar-refractivity contribution in [1.82, 2.24) is 14.4 Å². The monoisotopic (exact) mass is 301 g/mol. The highest BCUT2D eigenvalue weighted by molar-refractivity contribution is 7.78. The first-order chi connectivity index (χ1) is 10.1. The molecule has 0 bridgehead atoms. The van der Waals surface area contributed by atoms with Crippen LogP contribution in [0.4, 0.5) is 0 Å². The zero-order chi connectivity index (χ0) is 14.8. The van der Waals surface area contributed by atoms with Gasteiger partial charge in [-0.1, -0.05) is 33.9 Å². The summed E-state index contributed by atoms with van der Waals surface area (Å²) in [5, 5.41) is 7.90. The molecule has 0 amide bonds. The Morgan fingerprint density at radius 1 is 1.14 bits per heavy atom. The molecule has 0 radical (unpaired) electrons. The summed E-state index contributed by atoms with van der Waals surface area (Å²) in [6.07, 6.45) is 0. The molecule has 0 fully saturated rings. The lowest BCUT2D eigenvalue weighted by Crippen LogP contribution is -2.29. The van der Waals surface area contributed by atoms with E-state index in [0.29, 0.717) is 16.7 Å². The van der Waals surface area contributed by atoms with Crippen molar-refractivity contribution >= 4 is 22.2 Å². The fraction of sp³-hybridized carbons (Fsp3) is 0.0714. The molecular weight excluding hydrogens is 290 g/mol. The van der Waals surface area contributed by atoms with Gasteiger partial charge in [0.1, 0.15) is 11.3 Å². The van der Waals surface area contributed by atoms with Gasteiger partial charge in [-0.3, -0.25) is 4.79 Å². The molecule has 1 aromatic heterocycles. The number of nitrogens with zero attached hydrogens (tertiary/aromatic N) is 3. The lowest BCUT2D eigenvalue weighted by Gasteiger charge is -2.05. The summed E-state index contributed by atoms with van der Waals surface area (Å²) in [4.78, 5) is 12.3. The summed E-state index contributed by atoms with van der Waals surface area (Å²) in [6, 6.07) is 13.8. The number of fused-ring (bicyclic) bond motifs is 1. The van der Waals surface area contributed by atoms with Crippen molar-refractivity contribution in [3.63, 3.8) is 0 Å². The minimum Gasteiger partial charge on any atom is -0.384 e. The molecule has 2 aromatic carbocycles. The van der Waals surface area contributed by atoms with E-state index in [-0.39, 0.29) is 0 Å². The third-order valence-corrected chi connectivity index (χ3v) is 3.70. The topological polar surface area (TPSA) is 74.1 Å². The Bertz CT molecular complexity index is 878. The summed E-state index contributed by atoms with van der Waals surface area (Å²) in [5.74, 6) is 0.383. The molecular formula is C14H11N3O3S. The summed E-state index contributed by atoms with van der Waals surface area (Å²) in [7, 11) is 0. The predicted octanol–water partition coefficient (Wildman–Crippen LogP) is 1.61. The first kappa shape index (κ1) is 13.4. The number of rotatable bonds is 3. The van der Waals surface area contributed by atoms with Crippen molar-refractivity contribution in [2.75, 3.05) is 0 Å². The van der Waals surface area contributed by atoms with Gasteiger partial charge < -0.3 is 4.18 Å². The summed E-state index contributed by atoms with van der Waals surface area (Å²) < 4.78 is 18.0. The van der Waals surface area contributed by atoms with E-state index in [1.54, 1.807) is 42.5 Å². The third kappa shape index (κ3) is 2.68. The highest BCUT2D eigenvalue weighted by Crippen LogP contribution is 2.11. The lowest BCUT2D eigenvalue weighted by atomic mass is 10.2. The summed E-state index contributed by atoms with van der Waals surface area (Å²) in [5.41, 5.74) is 0.866. The second kappa shape index (κ2) is 5.45. The van der Waals surface area contributed by atoms with E-state index in [0.717, 1.165) is 9.65 Å². The SMILES string of the molecule is Cc1ccc2nnn(S(=O)Oc3ccccc3)c(=O)c2c1. The van der Waals surface area contributed by atoms with Gasteiger partial charge in [0.2, 0.25) is 0 Å². The molecule has 106 valence electrons. The van der Waals surface area contributed by atoms with Crippen molar-refractivity contribution in [2.24, 2.45) is 0 Å². The Morgan fingerprint density at radius 3 is 2.67 bits per heavy atom. The molecule has 3 rings (SSSR count). The minimum absolute atomic E-state index is 0.356. The molecule has 1 unspecified atom stereocenters. The first-order valence-electron chi connectivity index (χ1n) is 6.17. The molecule has 21 heavy (non-hydrogen) atoms. The van der Waals surface area contributed by atoms with Crippen LogP contribution in [-0.4, -0.2) is 18.6 Å². The van der Waals surface area contributed by atoms with Gasteiger partial charge in [0.15, 0.2) is 0 Å². The van der Waals surface area contributed by atoms with Crippen LogP contribution < -0.4 is 9.74 Å². The van der Waals surface area contributed by atoms with Gasteiger partial charge in [-0.15, -0.1) is 5.10 Å². The molecule has 0 N–H and O–H groups in total. The van der Waals surface area contributed by atoms with Gasteiger partial charge in [-0.2, -0.15) is 4.21 Å². The van der Waals surface area contributed by atoms with Crippen LogP contribution in [0.3, 0.4) is 0 Å². The van der Waals surface area contributed by atoms with Gasteiger partial charge in [-0.25, -0.2) is 0 Å². The fourth-order valence-electron chi connectivity index (χ4n) is 1.83. The molecule has 1 heterocycles. The quantitative estimate of drug-likeness (QED) is 0.734. The molecule has 6 nitrogen and oxygen atoms in total. The van der Waals surface area contributed by atoms with E-state index in [1.807, 2.05) is 13.0 Å². The zero-order valence-electron chi connectivity index (χ0n) is 11.1. The smallest absolute Gasteiger partial charge is 0.344 e. The Hall–Kier alpha value is -2.54. The van der Waals surface area contributed by atoms with Crippen molar-refractivity contribution in [3.05, 3.63) is 64.4 Å². The molecule has 0 aliphatic carbocycles. The number of aromatic nitrogens is 3. The molecule has 1 atom stereocenters. The first-order valence-corrected chi connectivity index (χ1v) is 7.20. The van der Waals surface area contributed by atoms with Crippen LogP contribution in [0, 0.1) is 6.92 Å². The Balaban J connectivity index is 2.02. The van der Waals surface area contributed by atoms with Gasteiger partial charge in [0, 0.05) is 0 Å². The van der Waals surface area contributed by atoms with Crippen molar-refractivity contribution in [1.29, 1.82) is 0 Å². The molecule has 7 heteroatoms. The number of para-hydroxylation sites is 1. The van der Waals surface area contributed by atoms with Gasteiger partial charge in [-0.05, 0) is 36.4 Å². The van der Waals surface area contributed by atoms with Crippen molar-refractivity contribution in [3.8, 4) is 5.75 Å². The molecule has 0 aliphatic heterocycles. The molecule has 0 saturated carbocycles. The zero-order valence-corrected chi connectivity index (χ0v) is 11.9. The van der Waals surface area contributed by atoms with Gasteiger partial charge in [0.25, 0.3) is 5.56 Å². The Kier molecular flexibility index (Phi) is 3.49. The lowest BCUT2D eigenvalue weighted by molar-refractivity contribution is 0.538. The molecule has 3 aromatic rings. The second-order valence-electron chi connectivity index (χ2n) is 4.40. The predicted molar refractivity (Wildman–Crippen MR) is 79.1 cm³/mol. The maximum absolute atomic E-state index is 12.3. The summed E-state index contributed by atoms with van der Waals surface area (Å²) >= 11 is -2.08. The summed E-state index contributed by atoms with van der Waals surface area (Å²) in [6.45, 7) is 1.86. The average Bonchev–Trinajstić information content (AvgIpc) is 2.49. The highest BCUT2D eigenvalue weighted by Gasteiger charge is 2.13. The highest BCUT2D eigenvalue weighted by atomic mass is 32.2. The Morgan fingerprint density at radius 2 is 1.90 bits per heavy atom. The van der Waals surface area contributed by atoms with E-state index in [9.17, 15) is 9.00 Å². The minimum atomic E-state index is -2.08. The maximum atomic E-state index is 12.3. The number of hydrogen-bond donors (Lipinski definition) is 0. The maximum Gasteiger partial charge on any atom is 0.344 e. The molecule has 0 spiro atoms. The standard InChI is InChI=1S/C14H11N3O3S/c1-10-7-8-13-12(9-10)14(18)17(16-15-13)21(19)20-11-5-3-2-4-6-11/h2-9H,1H3. The number of hydrogen-bond acceptors (Lipinski definition) is 5. The fourth-order valence-corrected chi connectivity index (χ4v) is 2.51.